The van der Waals surface area contributed by atoms with E-state index in [1.807, 2.05) is 36.5 Å². The van der Waals surface area contributed by atoms with Crippen molar-refractivity contribution in [2.24, 2.45) is 0 Å². The van der Waals surface area contributed by atoms with Gasteiger partial charge in [0, 0.05) is 24.3 Å². The first-order valence-corrected chi connectivity index (χ1v) is 7.60. The maximum absolute atomic E-state index is 12.2. The lowest BCUT2D eigenvalue weighted by molar-refractivity contribution is -0.120. The van der Waals surface area contributed by atoms with Gasteiger partial charge in [-0.05, 0) is 35.4 Å². The minimum Gasteiger partial charge on any atom is -0.493 e. The van der Waals surface area contributed by atoms with Crippen LogP contribution in [-0.4, -0.2) is 30.1 Å². The molecule has 6 heteroatoms. The summed E-state index contributed by atoms with van der Waals surface area (Å²) in [4.78, 5) is 19.5. The predicted molar refractivity (Wildman–Crippen MR) is 91.2 cm³/mol. The lowest BCUT2D eigenvalue weighted by Gasteiger charge is -2.10. The van der Waals surface area contributed by atoms with Gasteiger partial charge in [-0.3, -0.25) is 4.79 Å². The Morgan fingerprint density at radius 2 is 2.04 bits per heavy atom. The van der Waals surface area contributed by atoms with Crippen molar-refractivity contribution < 1.29 is 14.3 Å². The third-order valence-electron chi connectivity index (χ3n) is 3.83. The molecule has 1 amide bonds. The highest BCUT2D eigenvalue weighted by molar-refractivity contribution is 5.87. The number of nitrogens with one attached hydrogen (secondary N) is 2. The molecule has 2 heterocycles. The second kappa shape index (κ2) is 7.04. The zero-order valence-electron chi connectivity index (χ0n) is 13.6. The van der Waals surface area contributed by atoms with Crippen molar-refractivity contribution >= 4 is 16.9 Å². The number of aromatic amines is 1. The Labute approximate surface area is 139 Å². The van der Waals surface area contributed by atoms with Crippen LogP contribution in [0.4, 0.5) is 0 Å². The Balaban J connectivity index is 1.63. The normalized spacial score (nSPS) is 10.6. The van der Waals surface area contributed by atoms with Crippen molar-refractivity contribution in [3.8, 4) is 11.5 Å². The Kier molecular flexibility index (Phi) is 4.65. The first-order chi connectivity index (χ1) is 11.7. The van der Waals surface area contributed by atoms with Crippen molar-refractivity contribution in [2.45, 2.75) is 13.0 Å². The number of methoxy groups -OCH3 is 2. The number of amides is 1. The molecule has 24 heavy (non-hydrogen) atoms. The summed E-state index contributed by atoms with van der Waals surface area (Å²) in [6.07, 6.45) is 3.85. The van der Waals surface area contributed by atoms with Gasteiger partial charge in [-0.1, -0.05) is 6.07 Å². The van der Waals surface area contributed by atoms with Crippen molar-refractivity contribution in [2.75, 3.05) is 14.2 Å². The smallest absolute Gasteiger partial charge is 0.224 e. The van der Waals surface area contributed by atoms with Crippen molar-refractivity contribution in [1.29, 1.82) is 0 Å². The standard InChI is InChI=1S/C18H19N3O3/c1-23-15-6-5-12(8-16(15)24-2)10-20-17(22)9-13-11-21-18-14(13)4-3-7-19-18/h3-8,11H,9-10H2,1-2H3,(H,19,21)(H,20,22). The number of H-pyrrole nitrogens is 1. The van der Waals surface area contributed by atoms with Crippen LogP contribution in [0.5, 0.6) is 11.5 Å². The molecule has 2 aromatic heterocycles. The number of pyridine rings is 1. The fraction of sp³-hybridized carbons (Fsp3) is 0.222. The molecule has 0 unspecified atom stereocenters. The maximum atomic E-state index is 12.2. The molecule has 0 saturated heterocycles. The number of rotatable bonds is 6. The monoisotopic (exact) mass is 325 g/mol. The minimum atomic E-state index is -0.0467. The van der Waals surface area contributed by atoms with Gasteiger partial charge in [0.15, 0.2) is 11.5 Å². The van der Waals surface area contributed by atoms with E-state index in [4.69, 9.17) is 9.47 Å². The Bertz CT molecular complexity index is 858. The molecule has 0 bridgehead atoms. The number of carbonyl (C=O) groups excluding carboxylic acids is 1. The van der Waals surface area contributed by atoms with E-state index < -0.39 is 0 Å². The summed E-state index contributed by atoms with van der Waals surface area (Å²) in [6.45, 7) is 0.430. The van der Waals surface area contributed by atoms with Gasteiger partial charge in [-0.2, -0.15) is 0 Å². The number of ether oxygens (including phenoxy) is 2. The van der Waals surface area contributed by atoms with Crippen LogP contribution >= 0.6 is 0 Å². The third-order valence-corrected chi connectivity index (χ3v) is 3.83. The van der Waals surface area contributed by atoms with Gasteiger partial charge in [0.1, 0.15) is 5.65 Å². The molecule has 6 nitrogen and oxygen atoms in total. The zero-order chi connectivity index (χ0) is 16.9. The van der Waals surface area contributed by atoms with Gasteiger partial charge in [-0.15, -0.1) is 0 Å². The van der Waals surface area contributed by atoms with Crippen molar-refractivity contribution in [3.05, 3.63) is 53.9 Å². The average Bonchev–Trinajstić information content (AvgIpc) is 3.02. The molecule has 0 fully saturated rings. The lowest BCUT2D eigenvalue weighted by atomic mass is 10.1. The summed E-state index contributed by atoms with van der Waals surface area (Å²) in [7, 11) is 3.18. The number of carbonyl (C=O) groups is 1. The molecule has 0 aliphatic rings. The van der Waals surface area contributed by atoms with Crippen LogP contribution in [0.2, 0.25) is 0 Å². The quantitative estimate of drug-likeness (QED) is 0.730. The van der Waals surface area contributed by atoms with Gasteiger partial charge in [-0.25, -0.2) is 4.98 Å². The van der Waals surface area contributed by atoms with Crippen LogP contribution in [0.15, 0.2) is 42.7 Å². The summed E-state index contributed by atoms with van der Waals surface area (Å²) in [5.41, 5.74) is 2.67. The topological polar surface area (TPSA) is 76.2 Å². The average molecular weight is 325 g/mol. The molecule has 0 aliphatic heterocycles. The number of aromatic nitrogens is 2. The first-order valence-electron chi connectivity index (χ1n) is 7.60. The number of nitrogens with zero attached hydrogens (tertiary/aromatic N) is 1. The summed E-state index contributed by atoms with van der Waals surface area (Å²) < 4.78 is 10.5. The van der Waals surface area contributed by atoms with Crippen LogP contribution < -0.4 is 14.8 Å². The molecule has 0 spiro atoms. The van der Waals surface area contributed by atoms with Gasteiger partial charge in [0.25, 0.3) is 0 Å². The maximum Gasteiger partial charge on any atom is 0.224 e. The van der Waals surface area contributed by atoms with Gasteiger partial charge >= 0.3 is 0 Å². The molecular formula is C18H19N3O3. The fourth-order valence-electron chi connectivity index (χ4n) is 2.59. The van der Waals surface area contributed by atoms with Crippen molar-refractivity contribution in [1.82, 2.24) is 15.3 Å². The van der Waals surface area contributed by atoms with E-state index in [9.17, 15) is 4.79 Å². The second-order valence-corrected chi connectivity index (χ2v) is 5.36. The van der Waals surface area contributed by atoms with Crippen molar-refractivity contribution in [3.63, 3.8) is 0 Å². The molecule has 1 aromatic carbocycles. The summed E-state index contributed by atoms with van der Waals surface area (Å²) >= 11 is 0. The number of hydrogen-bond acceptors (Lipinski definition) is 4. The fourth-order valence-corrected chi connectivity index (χ4v) is 2.59. The van der Waals surface area contributed by atoms with Crippen LogP contribution in [0.25, 0.3) is 11.0 Å². The summed E-state index contributed by atoms with van der Waals surface area (Å²) in [5, 5.41) is 3.89. The van der Waals surface area contributed by atoms with E-state index in [1.165, 1.54) is 0 Å². The highest BCUT2D eigenvalue weighted by Crippen LogP contribution is 2.27. The molecule has 0 atom stereocenters. The minimum absolute atomic E-state index is 0.0467. The largest absolute Gasteiger partial charge is 0.493 e. The van der Waals surface area contributed by atoms with E-state index >= 15 is 0 Å². The molecule has 3 aromatic rings. The molecule has 0 aliphatic carbocycles. The van der Waals surface area contributed by atoms with E-state index in [0.717, 1.165) is 22.2 Å². The predicted octanol–water partition coefficient (Wildman–Crippen LogP) is 2.44. The molecule has 124 valence electrons. The molecule has 3 rings (SSSR count). The molecule has 0 radical (unpaired) electrons. The second-order valence-electron chi connectivity index (χ2n) is 5.36. The Hall–Kier alpha value is -3.02. The summed E-state index contributed by atoms with van der Waals surface area (Å²) in [5.74, 6) is 1.26. The first kappa shape index (κ1) is 15.9. The van der Waals surface area contributed by atoms with Crippen LogP contribution in [0.3, 0.4) is 0 Å². The number of benzene rings is 1. The van der Waals surface area contributed by atoms with Crippen LogP contribution in [0, 0.1) is 0 Å². The molecular weight excluding hydrogens is 306 g/mol. The highest BCUT2D eigenvalue weighted by Gasteiger charge is 2.10. The SMILES string of the molecule is COc1ccc(CNC(=O)Cc2c[nH]c3ncccc23)cc1OC. The van der Waals surface area contributed by atoms with Crippen LogP contribution in [0.1, 0.15) is 11.1 Å². The van der Waals surface area contributed by atoms with E-state index in [1.54, 1.807) is 20.4 Å². The zero-order valence-corrected chi connectivity index (χ0v) is 13.6. The van der Waals surface area contributed by atoms with Gasteiger partial charge in [0.05, 0.1) is 20.6 Å². The number of fused-ring (bicyclic) bond motifs is 1. The lowest BCUT2D eigenvalue weighted by Crippen LogP contribution is -2.24. The van der Waals surface area contributed by atoms with Gasteiger partial charge < -0.3 is 19.8 Å². The van der Waals surface area contributed by atoms with E-state index in [-0.39, 0.29) is 5.91 Å². The third kappa shape index (κ3) is 3.32. The van der Waals surface area contributed by atoms with Crippen LogP contribution in [-0.2, 0) is 17.8 Å². The van der Waals surface area contributed by atoms with E-state index in [2.05, 4.69) is 15.3 Å². The highest BCUT2D eigenvalue weighted by atomic mass is 16.5. The molecule has 2 N–H and O–H groups in total. The Morgan fingerprint density at radius 1 is 1.21 bits per heavy atom. The number of hydrogen-bond donors (Lipinski definition) is 2. The summed E-state index contributed by atoms with van der Waals surface area (Å²) in [6, 6.07) is 9.40. The molecule has 0 saturated carbocycles. The Morgan fingerprint density at radius 3 is 2.83 bits per heavy atom. The van der Waals surface area contributed by atoms with Gasteiger partial charge in [0.2, 0.25) is 5.91 Å². The van der Waals surface area contributed by atoms with E-state index in [0.29, 0.717) is 24.5 Å².